The zero-order valence-electron chi connectivity index (χ0n) is 16.4. The first-order chi connectivity index (χ1) is 13.7. The molecule has 2 N–H and O–H groups in total. The molecule has 156 valence electrons. The van der Waals surface area contributed by atoms with Gasteiger partial charge < -0.3 is 15.4 Å². The summed E-state index contributed by atoms with van der Waals surface area (Å²) in [4.78, 5) is 50.4. The van der Waals surface area contributed by atoms with E-state index in [1.165, 1.54) is 25.1 Å². The fourth-order valence-corrected chi connectivity index (χ4v) is 3.87. The number of hydrogen-bond acceptors (Lipinski definition) is 5. The fraction of sp³-hybridized carbons (Fsp3) is 0.500. The third-order valence-electron chi connectivity index (χ3n) is 5.56. The van der Waals surface area contributed by atoms with Gasteiger partial charge in [0.1, 0.15) is 17.9 Å². The predicted molar refractivity (Wildman–Crippen MR) is 101 cm³/mol. The Morgan fingerprint density at radius 2 is 2.14 bits per heavy atom. The van der Waals surface area contributed by atoms with Gasteiger partial charge in [0, 0.05) is 5.69 Å². The number of halogens is 1. The number of carbonyl (C=O) groups excluding carboxylic acids is 4. The second kappa shape index (κ2) is 8.18. The third-order valence-corrected chi connectivity index (χ3v) is 5.56. The van der Waals surface area contributed by atoms with E-state index in [4.69, 9.17) is 4.74 Å². The van der Waals surface area contributed by atoms with E-state index >= 15 is 0 Å². The number of benzene rings is 1. The second-order valence-electron chi connectivity index (χ2n) is 7.57. The Labute approximate surface area is 167 Å². The Kier molecular flexibility index (Phi) is 5.86. The number of esters is 1. The maximum Gasteiger partial charge on any atom is 0.327 e. The summed E-state index contributed by atoms with van der Waals surface area (Å²) in [6, 6.07) is 4.66. The molecule has 3 rings (SSSR count). The van der Waals surface area contributed by atoms with Crippen LogP contribution in [0.25, 0.3) is 0 Å². The number of urea groups is 1. The molecule has 1 aliphatic heterocycles. The lowest BCUT2D eigenvalue weighted by molar-refractivity contribution is -0.155. The molecule has 2 fully saturated rings. The average molecular weight is 405 g/mol. The summed E-state index contributed by atoms with van der Waals surface area (Å²) in [6.45, 7) is 2.69. The van der Waals surface area contributed by atoms with Crippen LogP contribution in [0.15, 0.2) is 24.3 Å². The van der Waals surface area contributed by atoms with Crippen molar-refractivity contribution in [1.29, 1.82) is 0 Å². The Morgan fingerprint density at radius 1 is 1.38 bits per heavy atom. The smallest absolute Gasteiger partial charge is 0.327 e. The van der Waals surface area contributed by atoms with Crippen LogP contribution in [-0.2, 0) is 19.1 Å². The van der Waals surface area contributed by atoms with Gasteiger partial charge >= 0.3 is 12.0 Å². The van der Waals surface area contributed by atoms with Gasteiger partial charge in [0.15, 0.2) is 6.10 Å². The number of hydrogen-bond donors (Lipinski definition) is 2. The summed E-state index contributed by atoms with van der Waals surface area (Å²) < 4.78 is 18.3. The highest BCUT2D eigenvalue weighted by Gasteiger charge is 2.55. The van der Waals surface area contributed by atoms with E-state index in [-0.39, 0.29) is 11.6 Å². The largest absolute Gasteiger partial charge is 0.451 e. The monoisotopic (exact) mass is 405 g/mol. The van der Waals surface area contributed by atoms with Crippen molar-refractivity contribution >= 4 is 29.5 Å². The number of nitrogens with zero attached hydrogens (tertiary/aromatic N) is 1. The van der Waals surface area contributed by atoms with Gasteiger partial charge in [-0.3, -0.25) is 19.3 Å². The summed E-state index contributed by atoms with van der Waals surface area (Å²) in [6.07, 6.45) is 1.99. The first kappa shape index (κ1) is 20.8. The maximum absolute atomic E-state index is 13.2. The molecule has 1 aliphatic carbocycles. The van der Waals surface area contributed by atoms with Gasteiger partial charge in [-0.25, -0.2) is 9.18 Å². The van der Waals surface area contributed by atoms with Crippen molar-refractivity contribution in [2.24, 2.45) is 5.92 Å². The zero-order chi connectivity index (χ0) is 21.2. The van der Waals surface area contributed by atoms with E-state index in [9.17, 15) is 23.6 Å². The van der Waals surface area contributed by atoms with E-state index in [1.807, 2.05) is 6.92 Å². The molecule has 29 heavy (non-hydrogen) atoms. The fourth-order valence-electron chi connectivity index (χ4n) is 3.87. The molecule has 3 atom stereocenters. The first-order valence-electron chi connectivity index (χ1n) is 9.63. The molecule has 0 bridgehead atoms. The lowest BCUT2D eigenvalue weighted by atomic mass is 9.73. The van der Waals surface area contributed by atoms with Crippen LogP contribution < -0.4 is 10.6 Å². The van der Waals surface area contributed by atoms with Crippen LogP contribution in [0.5, 0.6) is 0 Å². The summed E-state index contributed by atoms with van der Waals surface area (Å²) in [5, 5.41) is 5.19. The lowest BCUT2D eigenvalue weighted by Crippen LogP contribution is -2.54. The van der Waals surface area contributed by atoms with Crippen molar-refractivity contribution in [1.82, 2.24) is 10.2 Å². The summed E-state index contributed by atoms with van der Waals surface area (Å²) >= 11 is 0. The standard InChI is InChI=1S/C20H24FN3O5/c1-12-6-3-4-9-20(12)18(27)24(19(28)23-20)11-16(25)29-13(2)17(26)22-15-8-5-7-14(21)10-15/h5,7-8,10,12-13H,3-4,6,9,11H2,1-2H3,(H,22,26)(H,23,28)/t12-,13+,20+/m1/s1. The molecule has 9 heteroatoms. The highest BCUT2D eigenvalue weighted by Crippen LogP contribution is 2.38. The van der Waals surface area contributed by atoms with E-state index in [0.29, 0.717) is 6.42 Å². The molecule has 1 saturated heterocycles. The number of rotatable bonds is 5. The minimum atomic E-state index is -1.19. The van der Waals surface area contributed by atoms with Crippen LogP contribution in [0.2, 0.25) is 0 Å². The lowest BCUT2D eigenvalue weighted by Gasteiger charge is -2.36. The van der Waals surface area contributed by atoms with Crippen LogP contribution >= 0.6 is 0 Å². The van der Waals surface area contributed by atoms with Gasteiger partial charge in [0.25, 0.3) is 11.8 Å². The van der Waals surface area contributed by atoms with E-state index in [1.54, 1.807) is 0 Å². The molecule has 1 aromatic rings. The van der Waals surface area contributed by atoms with E-state index < -0.39 is 47.8 Å². The molecule has 1 spiro atoms. The Balaban J connectivity index is 1.58. The normalized spacial score (nSPS) is 24.9. The van der Waals surface area contributed by atoms with Gasteiger partial charge in [-0.05, 0) is 43.9 Å². The number of carbonyl (C=O) groups is 4. The van der Waals surface area contributed by atoms with Gasteiger partial charge in [0.2, 0.25) is 0 Å². The summed E-state index contributed by atoms with van der Waals surface area (Å²) in [5.74, 6) is -2.50. The SMILES string of the molecule is C[C@H](OC(=O)CN1C(=O)N[C@]2(CCCC[C@H]2C)C1=O)C(=O)Nc1cccc(F)c1. The van der Waals surface area contributed by atoms with Crippen molar-refractivity contribution in [2.45, 2.75) is 51.2 Å². The molecule has 1 aromatic carbocycles. The predicted octanol–water partition coefficient (Wildman–Crippen LogP) is 2.20. The number of amides is 4. The molecule has 0 radical (unpaired) electrons. The minimum absolute atomic E-state index is 0.0234. The van der Waals surface area contributed by atoms with Gasteiger partial charge in [-0.1, -0.05) is 25.8 Å². The van der Waals surface area contributed by atoms with Crippen molar-refractivity contribution in [3.63, 3.8) is 0 Å². The molecule has 2 aliphatic rings. The van der Waals surface area contributed by atoms with Crippen molar-refractivity contribution < 1.29 is 28.3 Å². The molecule has 1 heterocycles. The second-order valence-corrected chi connectivity index (χ2v) is 7.57. The van der Waals surface area contributed by atoms with Crippen molar-refractivity contribution in [3.05, 3.63) is 30.1 Å². The number of ether oxygens (including phenoxy) is 1. The third kappa shape index (κ3) is 4.23. The van der Waals surface area contributed by atoms with Gasteiger partial charge in [-0.15, -0.1) is 0 Å². The molecule has 1 saturated carbocycles. The molecule has 4 amide bonds. The van der Waals surface area contributed by atoms with E-state index in [2.05, 4.69) is 10.6 Å². The van der Waals surface area contributed by atoms with Crippen LogP contribution in [0.4, 0.5) is 14.9 Å². The van der Waals surface area contributed by atoms with Crippen molar-refractivity contribution in [2.75, 3.05) is 11.9 Å². The summed E-state index contributed by atoms with van der Waals surface area (Å²) in [5.41, 5.74) is -0.740. The molecule has 8 nitrogen and oxygen atoms in total. The molecular weight excluding hydrogens is 381 g/mol. The van der Waals surface area contributed by atoms with Crippen LogP contribution in [-0.4, -0.2) is 46.9 Å². The molecule has 0 aromatic heterocycles. The summed E-state index contributed by atoms with van der Waals surface area (Å²) in [7, 11) is 0. The average Bonchev–Trinajstić information content (AvgIpc) is 2.89. The van der Waals surface area contributed by atoms with Gasteiger partial charge in [0.05, 0.1) is 0 Å². The number of imide groups is 1. The topological polar surface area (TPSA) is 105 Å². The number of nitrogens with one attached hydrogen (secondary N) is 2. The van der Waals surface area contributed by atoms with Crippen LogP contribution in [0.1, 0.15) is 39.5 Å². The Hall–Kier alpha value is -2.97. The molecule has 0 unspecified atom stereocenters. The maximum atomic E-state index is 13.2. The Morgan fingerprint density at radius 3 is 2.83 bits per heavy atom. The quantitative estimate of drug-likeness (QED) is 0.577. The zero-order valence-corrected chi connectivity index (χ0v) is 16.4. The highest BCUT2D eigenvalue weighted by atomic mass is 19.1. The minimum Gasteiger partial charge on any atom is -0.451 e. The van der Waals surface area contributed by atoms with Crippen LogP contribution in [0.3, 0.4) is 0 Å². The number of anilines is 1. The van der Waals surface area contributed by atoms with Crippen LogP contribution in [0, 0.1) is 11.7 Å². The van der Waals surface area contributed by atoms with E-state index in [0.717, 1.165) is 30.2 Å². The first-order valence-corrected chi connectivity index (χ1v) is 9.63. The van der Waals surface area contributed by atoms with Crippen molar-refractivity contribution in [3.8, 4) is 0 Å². The highest BCUT2D eigenvalue weighted by molar-refractivity contribution is 6.09. The van der Waals surface area contributed by atoms with Gasteiger partial charge in [-0.2, -0.15) is 0 Å². The Bertz CT molecular complexity index is 845. The molecular formula is C20H24FN3O5.